The molecule has 0 fully saturated rings. The molecule has 4 heteroatoms. The number of rotatable bonds is 4. The van der Waals surface area contributed by atoms with Gasteiger partial charge in [0.25, 0.3) is 5.91 Å². The summed E-state index contributed by atoms with van der Waals surface area (Å²) < 4.78 is 5.26. The third-order valence-electron chi connectivity index (χ3n) is 3.41. The Bertz CT molecular complexity index is 653. The molecule has 0 aliphatic carbocycles. The van der Waals surface area contributed by atoms with Crippen LogP contribution in [0, 0.1) is 13.8 Å². The highest BCUT2D eigenvalue weighted by Gasteiger charge is 2.17. The van der Waals surface area contributed by atoms with E-state index in [0.717, 1.165) is 16.8 Å². The number of hydrogen-bond acceptors (Lipinski definition) is 3. The summed E-state index contributed by atoms with van der Waals surface area (Å²) in [7, 11) is 1.56. The Balaban J connectivity index is 2.22. The average molecular weight is 284 g/mol. The van der Waals surface area contributed by atoms with E-state index in [0.29, 0.717) is 11.3 Å². The standard InChI is InChI=1S/C17H20N2O2/c1-11-7-8-15(21-4)14(10-11)17(20)19-13(3)16-12(2)6-5-9-18-16/h5-10,13H,1-4H3,(H,19,20)/t13-/m0/s1. The maximum atomic E-state index is 12.5. The van der Waals surface area contributed by atoms with Crippen LogP contribution in [0.2, 0.25) is 0 Å². The number of methoxy groups -OCH3 is 1. The molecular formula is C17H20N2O2. The maximum absolute atomic E-state index is 12.5. The van der Waals surface area contributed by atoms with Crippen molar-refractivity contribution < 1.29 is 9.53 Å². The van der Waals surface area contributed by atoms with Crippen molar-refractivity contribution in [3.05, 3.63) is 58.9 Å². The molecule has 0 bridgehead atoms. The lowest BCUT2D eigenvalue weighted by molar-refractivity contribution is 0.0936. The van der Waals surface area contributed by atoms with Gasteiger partial charge in [-0.25, -0.2) is 0 Å². The first-order valence-electron chi connectivity index (χ1n) is 6.90. The number of nitrogens with zero attached hydrogens (tertiary/aromatic N) is 1. The minimum Gasteiger partial charge on any atom is -0.496 e. The van der Waals surface area contributed by atoms with Gasteiger partial charge in [0.15, 0.2) is 0 Å². The van der Waals surface area contributed by atoms with Crippen molar-refractivity contribution in [2.45, 2.75) is 26.8 Å². The summed E-state index contributed by atoms with van der Waals surface area (Å²) in [6, 6.07) is 9.26. The molecule has 110 valence electrons. The summed E-state index contributed by atoms with van der Waals surface area (Å²) in [6.07, 6.45) is 1.73. The van der Waals surface area contributed by atoms with Gasteiger partial charge in [0.2, 0.25) is 0 Å². The molecule has 0 radical (unpaired) electrons. The maximum Gasteiger partial charge on any atom is 0.255 e. The summed E-state index contributed by atoms with van der Waals surface area (Å²) in [5.41, 5.74) is 3.49. The molecule has 0 aliphatic heterocycles. The molecule has 0 saturated heterocycles. The highest BCUT2D eigenvalue weighted by atomic mass is 16.5. The summed E-state index contributed by atoms with van der Waals surface area (Å²) in [5.74, 6) is 0.413. The van der Waals surface area contributed by atoms with E-state index in [1.807, 2.05) is 45.0 Å². The molecule has 2 aromatic rings. The number of hydrogen-bond donors (Lipinski definition) is 1. The first-order chi connectivity index (χ1) is 10.0. The van der Waals surface area contributed by atoms with Crippen LogP contribution in [0.1, 0.15) is 40.1 Å². The van der Waals surface area contributed by atoms with Crippen LogP contribution in [0.25, 0.3) is 0 Å². The molecular weight excluding hydrogens is 264 g/mol. The second-order valence-corrected chi connectivity index (χ2v) is 5.10. The van der Waals surface area contributed by atoms with Gasteiger partial charge >= 0.3 is 0 Å². The third-order valence-corrected chi connectivity index (χ3v) is 3.41. The monoisotopic (exact) mass is 284 g/mol. The molecule has 1 amide bonds. The number of amides is 1. The van der Waals surface area contributed by atoms with Gasteiger partial charge in [0.05, 0.1) is 24.4 Å². The van der Waals surface area contributed by atoms with Crippen molar-refractivity contribution in [2.75, 3.05) is 7.11 Å². The lowest BCUT2D eigenvalue weighted by atomic mass is 10.1. The van der Waals surface area contributed by atoms with Gasteiger partial charge in [0.1, 0.15) is 5.75 Å². The van der Waals surface area contributed by atoms with Gasteiger partial charge in [-0.3, -0.25) is 9.78 Å². The largest absolute Gasteiger partial charge is 0.496 e. The molecule has 0 unspecified atom stereocenters. The molecule has 21 heavy (non-hydrogen) atoms. The summed E-state index contributed by atoms with van der Waals surface area (Å²) >= 11 is 0. The second kappa shape index (κ2) is 6.39. The van der Waals surface area contributed by atoms with Crippen LogP contribution in [0.5, 0.6) is 5.75 Å². The van der Waals surface area contributed by atoms with E-state index >= 15 is 0 Å². The molecule has 1 heterocycles. The number of benzene rings is 1. The van der Waals surface area contributed by atoms with Gasteiger partial charge in [0, 0.05) is 6.20 Å². The van der Waals surface area contributed by atoms with Crippen molar-refractivity contribution in [1.82, 2.24) is 10.3 Å². The average Bonchev–Trinajstić information content (AvgIpc) is 2.47. The van der Waals surface area contributed by atoms with E-state index in [-0.39, 0.29) is 11.9 Å². The summed E-state index contributed by atoms with van der Waals surface area (Å²) in [5, 5.41) is 2.97. The van der Waals surface area contributed by atoms with Crippen molar-refractivity contribution in [2.24, 2.45) is 0 Å². The first kappa shape index (κ1) is 15.0. The fourth-order valence-electron chi connectivity index (χ4n) is 2.29. The van der Waals surface area contributed by atoms with Crippen LogP contribution in [0.4, 0.5) is 0 Å². The topological polar surface area (TPSA) is 51.2 Å². The predicted molar refractivity (Wildman–Crippen MR) is 82.6 cm³/mol. The van der Waals surface area contributed by atoms with E-state index < -0.39 is 0 Å². The Morgan fingerprint density at radius 2 is 2.05 bits per heavy atom. The highest BCUT2D eigenvalue weighted by Crippen LogP contribution is 2.21. The quantitative estimate of drug-likeness (QED) is 0.938. The van der Waals surface area contributed by atoms with Crippen LogP contribution >= 0.6 is 0 Å². The molecule has 1 aromatic carbocycles. The van der Waals surface area contributed by atoms with E-state index in [1.54, 1.807) is 19.4 Å². The number of carbonyl (C=O) groups excluding carboxylic acids is 1. The third kappa shape index (κ3) is 3.40. The molecule has 1 aromatic heterocycles. The minimum atomic E-state index is -0.163. The van der Waals surface area contributed by atoms with Crippen LogP contribution in [-0.2, 0) is 0 Å². The molecule has 0 aliphatic rings. The summed E-state index contributed by atoms with van der Waals surface area (Å²) in [4.78, 5) is 16.8. The molecule has 1 N–H and O–H groups in total. The lowest BCUT2D eigenvalue weighted by Gasteiger charge is -2.16. The van der Waals surface area contributed by atoms with Gasteiger partial charge in [-0.2, -0.15) is 0 Å². The van der Waals surface area contributed by atoms with Gasteiger partial charge in [-0.1, -0.05) is 17.7 Å². The van der Waals surface area contributed by atoms with Crippen molar-refractivity contribution in [1.29, 1.82) is 0 Å². The van der Waals surface area contributed by atoms with Crippen LogP contribution in [0.15, 0.2) is 36.5 Å². The van der Waals surface area contributed by atoms with Crippen molar-refractivity contribution in [3.8, 4) is 5.75 Å². The summed E-state index contributed by atoms with van der Waals surface area (Å²) in [6.45, 7) is 5.86. The van der Waals surface area contributed by atoms with E-state index in [9.17, 15) is 4.79 Å². The molecule has 2 rings (SSSR count). The van der Waals surface area contributed by atoms with Gasteiger partial charge in [-0.15, -0.1) is 0 Å². The fraction of sp³-hybridized carbons (Fsp3) is 0.294. The SMILES string of the molecule is COc1ccc(C)cc1C(=O)N[C@@H](C)c1ncccc1C. The number of nitrogens with one attached hydrogen (secondary N) is 1. The van der Waals surface area contributed by atoms with E-state index in [1.165, 1.54) is 0 Å². The zero-order valence-corrected chi connectivity index (χ0v) is 12.8. The van der Waals surface area contributed by atoms with Gasteiger partial charge in [-0.05, 0) is 44.5 Å². The Kier molecular flexibility index (Phi) is 4.58. The van der Waals surface area contributed by atoms with E-state index in [2.05, 4.69) is 10.3 Å². The number of aryl methyl sites for hydroxylation is 2. The number of pyridine rings is 1. The number of aromatic nitrogens is 1. The van der Waals surface area contributed by atoms with Gasteiger partial charge < -0.3 is 10.1 Å². The normalized spacial score (nSPS) is 11.8. The highest BCUT2D eigenvalue weighted by molar-refractivity contribution is 5.97. The Labute approximate surface area is 125 Å². The van der Waals surface area contributed by atoms with Crippen LogP contribution in [0.3, 0.4) is 0 Å². The molecule has 0 spiro atoms. The van der Waals surface area contributed by atoms with Crippen LogP contribution in [-0.4, -0.2) is 18.0 Å². The zero-order valence-electron chi connectivity index (χ0n) is 12.8. The lowest BCUT2D eigenvalue weighted by Crippen LogP contribution is -2.28. The smallest absolute Gasteiger partial charge is 0.255 e. The van der Waals surface area contributed by atoms with E-state index in [4.69, 9.17) is 4.74 Å². The number of carbonyl (C=O) groups is 1. The molecule has 1 atom stereocenters. The zero-order chi connectivity index (χ0) is 15.4. The second-order valence-electron chi connectivity index (χ2n) is 5.10. The Hall–Kier alpha value is -2.36. The Morgan fingerprint density at radius 1 is 1.29 bits per heavy atom. The molecule has 4 nitrogen and oxygen atoms in total. The fourth-order valence-corrected chi connectivity index (χ4v) is 2.29. The number of ether oxygens (including phenoxy) is 1. The first-order valence-corrected chi connectivity index (χ1v) is 6.90. The predicted octanol–water partition coefficient (Wildman–Crippen LogP) is 3.20. The van der Waals surface area contributed by atoms with Crippen molar-refractivity contribution >= 4 is 5.91 Å². The van der Waals surface area contributed by atoms with Crippen molar-refractivity contribution in [3.63, 3.8) is 0 Å². The van der Waals surface area contributed by atoms with Crippen LogP contribution < -0.4 is 10.1 Å². The Morgan fingerprint density at radius 3 is 2.71 bits per heavy atom. The minimum absolute atomic E-state index is 0.159. The molecule has 0 saturated carbocycles.